The number of ether oxygens (including phenoxy) is 2. The van der Waals surface area contributed by atoms with Crippen molar-refractivity contribution in [2.24, 2.45) is 0 Å². The molecule has 0 saturated carbocycles. The molecule has 0 aliphatic rings. The molecule has 2 amide bonds. The second kappa shape index (κ2) is 13.5. The highest BCUT2D eigenvalue weighted by molar-refractivity contribution is 7.35. The van der Waals surface area contributed by atoms with Gasteiger partial charge in [0, 0.05) is 40.1 Å². The Morgan fingerprint density at radius 1 is 0.842 bits per heavy atom. The van der Waals surface area contributed by atoms with Crippen LogP contribution < -0.4 is 25.6 Å². The summed E-state index contributed by atoms with van der Waals surface area (Å²) in [7, 11) is 4.43. The minimum atomic E-state index is -0.429. The fraction of sp³-hybridized carbons (Fsp3) is 0.148. The van der Waals surface area contributed by atoms with Gasteiger partial charge < -0.3 is 20.1 Å². The SMILES string of the molecule is C=PCc1c(C=O)ccc(NC(=O)c2ccc(NC(=O)c3ccc(NF)cc3)c(OC)c2CP=C)c1OC. The molecule has 0 aliphatic heterocycles. The van der Waals surface area contributed by atoms with E-state index >= 15 is 0 Å². The van der Waals surface area contributed by atoms with Gasteiger partial charge in [0.05, 0.1) is 31.3 Å². The number of rotatable bonds is 12. The Balaban J connectivity index is 1.97. The molecule has 0 heterocycles. The smallest absolute Gasteiger partial charge is 0.256 e. The topological polar surface area (TPSA) is 106 Å². The minimum Gasteiger partial charge on any atom is -0.494 e. The lowest BCUT2D eigenvalue weighted by Crippen LogP contribution is -2.18. The highest BCUT2D eigenvalue weighted by Gasteiger charge is 2.22. The summed E-state index contributed by atoms with van der Waals surface area (Å²) in [6, 6.07) is 12.2. The number of benzene rings is 3. The zero-order chi connectivity index (χ0) is 27.7. The number of halogens is 1. The Bertz CT molecular complexity index is 1380. The van der Waals surface area contributed by atoms with Crippen LogP contribution in [0.15, 0.2) is 48.5 Å². The van der Waals surface area contributed by atoms with Crippen molar-refractivity contribution >= 4 is 64.2 Å². The number of methoxy groups -OCH3 is 2. The monoisotopic (exact) mass is 553 g/mol. The van der Waals surface area contributed by atoms with E-state index in [9.17, 15) is 18.9 Å². The second-order valence-corrected chi connectivity index (χ2v) is 9.37. The van der Waals surface area contributed by atoms with E-state index < -0.39 is 11.8 Å². The van der Waals surface area contributed by atoms with Crippen LogP contribution >= 0.6 is 16.4 Å². The van der Waals surface area contributed by atoms with E-state index in [1.54, 1.807) is 24.3 Å². The van der Waals surface area contributed by atoms with E-state index in [2.05, 4.69) is 23.2 Å². The van der Waals surface area contributed by atoms with Crippen LogP contribution in [0.3, 0.4) is 0 Å². The fourth-order valence-corrected chi connectivity index (χ4v) is 4.96. The highest BCUT2D eigenvalue weighted by Crippen LogP contribution is 2.37. The van der Waals surface area contributed by atoms with E-state index in [0.29, 0.717) is 63.0 Å². The molecule has 3 aromatic rings. The molecule has 0 fully saturated rings. The van der Waals surface area contributed by atoms with Crippen LogP contribution in [0.5, 0.6) is 11.5 Å². The standard InChI is InChI=1S/C27H26FN3O5P2/c1-35-24-20(14-37-3)17(13-32)7-11-22(24)30-27(34)19-10-12-23(25(36-2)21(19)15-38-4)29-26(33)16-5-8-18(31-28)9-6-16/h5-13,31H,3-4,14-15H2,1-2H3,(H,29,33)(H,30,34). The van der Waals surface area contributed by atoms with E-state index in [4.69, 9.17) is 9.47 Å². The first-order valence-corrected chi connectivity index (χ1v) is 13.7. The molecule has 11 heteroatoms. The Morgan fingerprint density at radius 3 is 1.95 bits per heavy atom. The Hall–Kier alpha value is -4.06. The number of carbonyl (C=O) groups excluding carboxylic acids is 3. The van der Waals surface area contributed by atoms with Gasteiger partial charge in [-0.2, -0.15) is 0 Å². The van der Waals surface area contributed by atoms with Crippen LogP contribution in [0.4, 0.5) is 21.5 Å². The lowest BCUT2D eigenvalue weighted by atomic mass is 10.0. The maximum absolute atomic E-state index is 13.4. The number of carbonyl (C=O) groups is 3. The number of nitrogens with one attached hydrogen (secondary N) is 3. The summed E-state index contributed by atoms with van der Waals surface area (Å²) >= 11 is 0. The number of hydrogen-bond donors (Lipinski definition) is 3. The first-order valence-electron chi connectivity index (χ1n) is 11.2. The van der Waals surface area contributed by atoms with E-state index in [-0.39, 0.29) is 5.69 Å². The van der Waals surface area contributed by atoms with Crippen molar-refractivity contribution in [3.8, 4) is 11.5 Å². The van der Waals surface area contributed by atoms with Gasteiger partial charge >= 0.3 is 0 Å². The van der Waals surface area contributed by atoms with Crippen LogP contribution in [0, 0.1) is 0 Å². The molecule has 3 N–H and O–H groups in total. The van der Waals surface area contributed by atoms with Crippen molar-refractivity contribution in [3.05, 3.63) is 76.3 Å². The van der Waals surface area contributed by atoms with Gasteiger partial charge in [-0.1, -0.05) is 12.6 Å². The fourth-order valence-electron chi connectivity index (χ4n) is 3.87. The van der Waals surface area contributed by atoms with Crippen LogP contribution in [-0.2, 0) is 12.3 Å². The van der Waals surface area contributed by atoms with Gasteiger partial charge in [0.15, 0.2) is 0 Å². The number of hydrogen-bond acceptors (Lipinski definition) is 6. The second-order valence-electron chi connectivity index (χ2n) is 7.85. The van der Waals surface area contributed by atoms with Crippen molar-refractivity contribution in [1.82, 2.24) is 0 Å². The average molecular weight is 553 g/mol. The Kier molecular flexibility index (Phi) is 10.1. The molecule has 38 heavy (non-hydrogen) atoms. The van der Waals surface area contributed by atoms with Gasteiger partial charge in [-0.3, -0.25) is 14.4 Å². The predicted molar refractivity (Wildman–Crippen MR) is 154 cm³/mol. The zero-order valence-electron chi connectivity index (χ0n) is 20.8. The number of amides is 2. The van der Waals surface area contributed by atoms with Gasteiger partial charge in [-0.15, -0.1) is 20.9 Å². The van der Waals surface area contributed by atoms with Crippen molar-refractivity contribution in [2.45, 2.75) is 12.3 Å². The summed E-state index contributed by atoms with van der Waals surface area (Å²) in [5.74, 6) is -0.143. The molecule has 3 rings (SSSR count). The molecule has 0 atom stereocenters. The third-order valence-electron chi connectivity index (χ3n) is 5.63. The maximum atomic E-state index is 13.4. The third-order valence-corrected chi connectivity index (χ3v) is 6.71. The van der Waals surface area contributed by atoms with Crippen LogP contribution in [0.2, 0.25) is 0 Å². The molecular weight excluding hydrogens is 527 g/mol. The van der Waals surface area contributed by atoms with Gasteiger partial charge in [0.25, 0.3) is 11.8 Å². The lowest BCUT2D eigenvalue weighted by molar-refractivity contribution is 0.101. The first kappa shape index (κ1) is 28.5. The van der Waals surface area contributed by atoms with Crippen LogP contribution in [0.25, 0.3) is 0 Å². The largest absolute Gasteiger partial charge is 0.494 e. The van der Waals surface area contributed by atoms with E-state index in [1.807, 2.05) is 0 Å². The molecular formula is C27H26FN3O5P2. The zero-order valence-corrected chi connectivity index (χ0v) is 22.6. The first-order chi connectivity index (χ1) is 18.4. The summed E-state index contributed by atoms with van der Waals surface area (Å²) in [5.41, 5.74) is 4.82. The summed E-state index contributed by atoms with van der Waals surface area (Å²) in [5, 5.41) is 5.66. The minimum absolute atomic E-state index is 0.224. The molecule has 0 aliphatic carbocycles. The van der Waals surface area contributed by atoms with E-state index in [0.717, 1.165) is 22.7 Å². The summed E-state index contributed by atoms with van der Waals surface area (Å²) < 4.78 is 23.7. The number of anilines is 3. The lowest BCUT2D eigenvalue weighted by Gasteiger charge is -2.19. The molecule has 0 aromatic heterocycles. The van der Waals surface area contributed by atoms with Gasteiger partial charge in [0.2, 0.25) is 0 Å². The van der Waals surface area contributed by atoms with Crippen molar-refractivity contribution in [1.29, 1.82) is 0 Å². The summed E-state index contributed by atoms with van der Waals surface area (Å²) in [4.78, 5) is 37.7. The van der Waals surface area contributed by atoms with Gasteiger partial charge in [-0.05, 0) is 48.5 Å². The normalized spacial score (nSPS) is 10.6. The Labute approximate surface area is 223 Å². The highest BCUT2D eigenvalue weighted by atomic mass is 31.1. The molecule has 0 spiro atoms. The average Bonchev–Trinajstić information content (AvgIpc) is 2.93. The molecule has 8 nitrogen and oxygen atoms in total. The maximum Gasteiger partial charge on any atom is 0.256 e. The molecule has 0 radical (unpaired) electrons. The molecule has 3 aromatic carbocycles. The molecule has 0 unspecified atom stereocenters. The summed E-state index contributed by atoms with van der Waals surface area (Å²) in [6.45, 7) is 0. The predicted octanol–water partition coefficient (Wildman–Crippen LogP) is 6.07. The van der Waals surface area contributed by atoms with Crippen molar-refractivity contribution in [3.63, 3.8) is 0 Å². The van der Waals surface area contributed by atoms with Crippen LogP contribution in [0.1, 0.15) is 42.2 Å². The number of aldehydes is 1. The Morgan fingerprint density at radius 2 is 1.39 bits per heavy atom. The van der Waals surface area contributed by atoms with Gasteiger partial charge in [-0.25, -0.2) is 5.54 Å². The van der Waals surface area contributed by atoms with Gasteiger partial charge in [0.1, 0.15) is 17.8 Å². The summed E-state index contributed by atoms with van der Waals surface area (Å²) in [6.07, 6.45) is 9.29. The third kappa shape index (κ3) is 6.25. The quantitative estimate of drug-likeness (QED) is 0.143. The molecule has 196 valence electrons. The molecule has 0 bridgehead atoms. The van der Waals surface area contributed by atoms with E-state index in [1.165, 1.54) is 44.0 Å². The molecule has 0 saturated heterocycles. The van der Waals surface area contributed by atoms with Crippen molar-refractivity contribution < 1.29 is 28.3 Å². The van der Waals surface area contributed by atoms with Crippen molar-refractivity contribution in [2.75, 3.05) is 30.4 Å². The van der Waals surface area contributed by atoms with Crippen LogP contribution in [-0.4, -0.2) is 44.9 Å².